The van der Waals surface area contributed by atoms with E-state index < -0.39 is 12.1 Å². The molecule has 4 heterocycles. The summed E-state index contributed by atoms with van der Waals surface area (Å²) in [5.41, 5.74) is 1.14. The van der Waals surface area contributed by atoms with Gasteiger partial charge in [-0.15, -0.1) is 0 Å². The summed E-state index contributed by atoms with van der Waals surface area (Å²) in [5, 5.41) is 7.12. The van der Waals surface area contributed by atoms with E-state index in [1.54, 1.807) is 12.4 Å². The number of halogens is 3. The van der Waals surface area contributed by atoms with Gasteiger partial charge in [0.25, 0.3) is 5.91 Å². The molecular weight excluding hydrogens is 433 g/mol. The second kappa shape index (κ2) is 9.90. The minimum absolute atomic E-state index is 0.00179. The molecule has 32 heavy (non-hydrogen) atoms. The Hall–Kier alpha value is -3.28. The first kappa shape index (κ1) is 23.4. The normalized spacial score (nSPS) is 22.4. The number of rotatable bonds is 3. The number of carboxylic acids is 1. The summed E-state index contributed by atoms with van der Waals surface area (Å²) in [5.74, 6) is -2.34. The Morgan fingerprint density at radius 2 is 1.97 bits per heavy atom. The van der Waals surface area contributed by atoms with Crippen LogP contribution in [0, 0.1) is 6.92 Å². The third-order valence-electron chi connectivity index (χ3n) is 4.89. The Labute approximate surface area is 181 Å². The van der Waals surface area contributed by atoms with Gasteiger partial charge in [0.1, 0.15) is 17.9 Å². The molecule has 0 saturated carbocycles. The summed E-state index contributed by atoms with van der Waals surface area (Å²) in [6, 6.07) is 5.53. The van der Waals surface area contributed by atoms with Crippen molar-refractivity contribution in [3.05, 3.63) is 48.2 Å². The number of carbonyl (C=O) groups is 2. The van der Waals surface area contributed by atoms with Gasteiger partial charge in [-0.3, -0.25) is 9.78 Å². The predicted molar refractivity (Wildman–Crippen MR) is 103 cm³/mol. The van der Waals surface area contributed by atoms with Crippen LogP contribution in [0.5, 0.6) is 5.88 Å². The van der Waals surface area contributed by atoms with Crippen molar-refractivity contribution in [3.8, 4) is 5.88 Å². The Kier molecular flexibility index (Phi) is 7.23. The monoisotopic (exact) mass is 454 g/mol. The fourth-order valence-electron chi connectivity index (χ4n) is 3.47. The van der Waals surface area contributed by atoms with Gasteiger partial charge in [-0.1, -0.05) is 6.07 Å². The number of pyridine rings is 1. The quantitative estimate of drug-likeness (QED) is 0.751. The molecule has 0 unspecified atom stereocenters. The Morgan fingerprint density at radius 3 is 2.56 bits per heavy atom. The first-order chi connectivity index (χ1) is 15.2. The van der Waals surface area contributed by atoms with E-state index in [9.17, 15) is 18.0 Å². The van der Waals surface area contributed by atoms with Crippen molar-refractivity contribution in [1.82, 2.24) is 19.9 Å². The number of nitrogens with zero attached hydrogens (tertiary/aromatic N) is 4. The molecule has 0 bridgehead atoms. The number of aliphatic carboxylic acids is 1. The van der Waals surface area contributed by atoms with Gasteiger partial charge in [-0.25, -0.2) is 14.8 Å². The van der Waals surface area contributed by atoms with Gasteiger partial charge in [-0.05, 0) is 25.8 Å². The Morgan fingerprint density at radius 1 is 1.22 bits per heavy atom. The number of ether oxygens (including phenoxy) is 2. The van der Waals surface area contributed by atoms with E-state index in [0.29, 0.717) is 24.7 Å². The van der Waals surface area contributed by atoms with E-state index in [-0.39, 0.29) is 24.2 Å². The number of alkyl halides is 3. The molecule has 2 fully saturated rings. The van der Waals surface area contributed by atoms with Crippen LogP contribution in [0.15, 0.2) is 36.8 Å². The van der Waals surface area contributed by atoms with E-state index in [1.165, 1.54) is 6.20 Å². The molecule has 2 saturated heterocycles. The molecule has 2 aliphatic heterocycles. The maximum Gasteiger partial charge on any atom is 0.490 e. The SMILES string of the molecule is Cc1cnc(C(=O)N2C[C@@H](Oc3ccccn3)[C@H]3OCCC[C@H]32)cn1.O=C(O)C(F)(F)F. The first-order valence-corrected chi connectivity index (χ1v) is 9.76. The van der Waals surface area contributed by atoms with Gasteiger partial charge < -0.3 is 19.5 Å². The van der Waals surface area contributed by atoms with Crippen molar-refractivity contribution in [3.63, 3.8) is 0 Å². The fourth-order valence-corrected chi connectivity index (χ4v) is 3.47. The van der Waals surface area contributed by atoms with Gasteiger partial charge >= 0.3 is 12.1 Å². The molecule has 2 aromatic rings. The van der Waals surface area contributed by atoms with Gasteiger partial charge in [-0.2, -0.15) is 13.2 Å². The second-order valence-electron chi connectivity index (χ2n) is 7.17. The average molecular weight is 454 g/mol. The molecule has 2 aliphatic rings. The van der Waals surface area contributed by atoms with Crippen molar-refractivity contribution in [2.24, 2.45) is 0 Å². The summed E-state index contributed by atoms with van der Waals surface area (Å²) < 4.78 is 43.7. The van der Waals surface area contributed by atoms with Crippen LogP contribution >= 0.6 is 0 Å². The number of carboxylic acid groups (broad SMARTS) is 1. The zero-order chi connectivity index (χ0) is 23.3. The predicted octanol–water partition coefficient (Wildman–Crippen LogP) is 2.26. The number of amides is 1. The zero-order valence-corrected chi connectivity index (χ0v) is 17.0. The smallest absolute Gasteiger partial charge is 0.475 e. The molecule has 4 rings (SSSR count). The lowest BCUT2D eigenvalue weighted by molar-refractivity contribution is -0.192. The van der Waals surface area contributed by atoms with Crippen LogP contribution in [-0.2, 0) is 9.53 Å². The van der Waals surface area contributed by atoms with Crippen molar-refractivity contribution in [2.45, 2.75) is 44.2 Å². The molecule has 1 amide bonds. The largest absolute Gasteiger partial charge is 0.490 e. The maximum absolute atomic E-state index is 12.9. The van der Waals surface area contributed by atoms with Crippen LogP contribution in [-0.4, -0.2) is 74.4 Å². The number of carbonyl (C=O) groups excluding carboxylic acids is 1. The summed E-state index contributed by atoms with van der Waals surface area (Å²) in [7, 11) is 0. The van der Waals surface area contributed by atoms with Gasteiger partial charge in [0.15, 0.2) is 0 Å². The first-order valence-electron chi connectivity index (χ1n) is 9.76. The number of aromatic nitrogens is 3. The minimum Gasteiger partial charge on any atom is -0.475 e. The van der Waals surface area contributed by atoms with Gasteiger partial charge in [0.05, 0.1) is 24.5 Å². The second-order valence-corrected chi connectivity index (χ2v) is 7.17. The molecule has 0 radical (unpaired) electrons. The summed E-state index contributed by atoms with van der Waals surface area (Å²) >= 11 is 0. The lowest BCUT2D eigenvalue weighted by Crippen LogP contribution is -2.44. The molecule has 1 N–H and O–H groups in total. The summed E-state index contributed by atoms with van der Waals surface area (Å²) in [6.45, 7) is 2.99. The average Bonchev–Trinajstić information content (AvgIpc) is 3.13. The third-order valence-corrected chi connectivity index (χ3v) is 4.89. The lowest BCUT2D eigenvalue weighted by atomic mass is 10.0. The zero-order valence-electron chi connectivity index (χ0n) is 17.0. The molecule has 9 nitrogen and oxygen atoms in total. The number of aryl methyl sites for hydroxylation is 1. The van der Waals surface area contributed by atoms with Crippen LogP contribution in [0.3, 0.4) is 0 Å². The molecular formula is C20H21F3N4O5. The Bertz CT molecular complexity index is 927. The number of likely N-dealkylation sites (tertiary alicyclic amines) is 1. The Balaban J connectivity index is 0.000000360. The van der Waals surface area contributed by atoms with Gasteiger partial charge in [0, 0.05) is 25.1 Å². The highest BCUT2D eigenvalue weighted by molar-refractivity contribution is 5.92. The molecule has 12 heteroatoms. The highest BCUT2D eigenvalue weighted by Gasteiger charge is 2.48. The van der Waals surface area contributed by atoms with E-state index in [0.717, 1.165) is 18.5 Å². The van der Waals surface area contributed by atoms with E-state index in [4.69, 9.17) is 19.4 Å². The highest BCUT2D eigenvalue weighted by Crippen LogP contribution is 2.32. The van der Waals surface area contributed by atoms with Crippen LogP contribution in [0.4, 0.5) is 13.2 Å². The highest BCUT2D eigenvalue weighted by atomic mass is 19.4. The third kappa shape index (κ3) is 5.69. The molecule has 0 aliphatic carbocycles. The minimum atomic E-state index is -5.08. The molecule has 2 aromatic heterocycles. The molecule has 0 aromatic carbocycles. The number of hydrogen-bond acceptors (Lipinski definition) is 7. The maximum atomic E-state index is 12.9. The summed E-state index contributed by atoms with van der Waals surface area (Å²) in [6.07, 6.45) is 1.21. The van der Waals surface area contributed by atoms with Crippen molar-refractivity contribution in [2.75, 3.05) is 13.2 Å². The van der Waals surface area contributed by atoms with E-state index in [2.05, 4.69) is 15.0 Å². The van der Waals surface area contributed by atoms with Crippen LogP contribution in [0.2, 0.25) is 0 Å². The molecule has 172 valence electrons. The van der Waals surface area contributed by atoms with Crippen molar-refractivity contribution in [1.29, 1.82) is 0 Å². The van der Waals surface area contributed by atoms with E-state index in [1.807, 2.05) is 30.0 Å². The van der Waals surface area contributed by atoms with Crippen molar-refractivity contribution >= 4 is 11.9 Å². The fraction of sp³-hybridized carbons (Fsp3) is 0.450. The van der Waals surface area contributed by atoms with E-state index >= 15 is 0 Å². The molecule has 3 atom stereocenters. The van der Waals surface area contributed by atoms with Gasteiger partial charge in [0.2, 0.25) is 5.88 Å². The molecule has 0 spiro atoms. The van der Waals surface area contributed by atoms with Crippen LogP contribution in [0.25, 0.3) is 0 Å². The topological polar surface area (TPSA) is 115 Å². The standard InChI is InChI=1S/C18H20N4O3.C2HF3O2/c1-12-9-21-13(10-20-12)18(23)22-11-15(17-14(22)5-4-8-24-17)25-16-6-2-3-7-19-16;3-2(4,5)1(6)7/h2-3,6-7,9-10,14-15,17H,4-5,8,11H2,1H3;(H,6,7)/t14-,15-,17+;/m1./s1. The summed E-state index contributed by atoms with van der Waals surface area (Å²) in [4.78, 5) is 36.2. The number of fused-ring (bicyclic) bond motifs is 1. The van der Waals surface area contributed by atoms with Crippen LogP contribution < -0.4 is 4.74 Å². The van der Waals surface area contributed by atoms with Crippen LogP contribution in [0.1, 0.15) is 29.0 Å². The number of hydrogen-bond donors (Lipinski definition) is 1. The van der Waals surface area contributed by atoms with Crippen molar-refractivity contribution < 1.29 is 37.3 Å². The lowest BCUT2D eigenvalue weighted by Gasteiger charge is -2.31.